The lowest BCUT2D eigenvalue weighted by Gasteiger charge is -2.26. The van der Waals surface area contributed by atoms with Crippen molar-refractivity contribution in [3.8, 4) is 11.5 Å². The van der Waals surface area contributed by atoms with Crippen LogP contribution in [-0.2, 0) is 11.3 Å². The van der Waals surface area contributed by atoms with Gasteiger partial charge in [0.15, 0.2) is 11.5 Å². The summed E-state index contributed by atoms with van der Waals surface area (Å²) >= 11 is 0. The fraction of sp³-hybridized carbons (Fsp3) is 0.500. The molecule has 31 heavy (non-hydrogen) atoms. The van der Waals surface area contributed by atoms with Gasteiger partial charge in [0.2, 0.25) is 5.91 Å². The molecule has 3 rings (SSSR count). The molecule has 1 aromatic carbocycles. The summed E-state index contributed by atoms with van der Waals surface area (Å²) in [5, 5.41) is 14.9. The lowest BCUT2D eigenvalue weighted by Crippen LogP contribution is -2.52. The third kappa shape index (κ3) is 4.99. The van der Waals surface area contributed by atoms with Gasteiger partial charge in [-0.05, 0) is 51.3 Å². The van der Waals surface area contributed by atoms with Gasteiger partial charge in [-0.1, -0.05) is 0 Å². The van der Waals surface area contributed by atoms with Crippen molar-refractivity contribution >= 4 is 22.7 Å². The molecule has 2 heterocycles. The molecule has 1 aliphatic heterocycles. The molecule has 9 heteroatoms. The number of aromatic nitrogens is 1. The van der Waals surface area contributed by atoms with Crippen LogP contribution < -0.4 is 25.7 Å². The predicted molar refractivity (Wildman–Crippen MR) is 116 cm³/mol. The second kappa shape index (κ2) is 9.38. The largest absolute Gasteiger partial charge is 0.493 e. The van der Waals surface area contributed by atoms with E-state index in [2.05, 4.69) is 10.6 Å². The predicted octanol–water partition coefficient (Wildman–Crippen LogP) is 1.19. The normalized spacial score (nSPS) is 14.1. The maximum Gasteiger partial charge on any atom is 0.264 e. The minimum atomic E-state index is -0.828. The number of ether oxygens (including phenoxy) is 2. The molecule has 0 aliphatic carbocycles. The van der Waals surface area contributed by atoms with E-state index in [1.54, 1.807) is 43.7 Å². The lowest BCUT2D eigenvalue weighted by molar-refractivity contribution is -0.124. The van der Waals surface area contributed by atoms with Gasteiger partial charge < -0.3 is 29.8 Å². The second-order valence-electron chi connectivity index (χ2n) is 8.23. The summed E-state index contributed by atoms with van der Waals surface area (Å²) in [7, 11) is 1.55. The van der Waals surface area contributed by atoms with Crippen LogP contribution in [0.3, 0.4) is 0 Å². The molecule has 0 saturated carbocycles. The lowest BCUT2D eigenvalue weighted by atomic mass is 10.0. The Morgan fingerprint density at radius 3 is 2.74 bits per heavy atom. The van der Waals surface area contributed by atoms with Crippen molar-refractivity contribution in [3.63, 3.8) is 0 Å². The van der Waals surface area contributed by atoms with Gasteiger partial charge in [0, 0.05) is 18.5 Å². The molecule has 0 fully saturated rings. The average molecular weight is 431 g/mol. The zero-order valence-electron chi connectivity index (χ0n) is 18.1. The van der Waals surface area contributed by atoms with Crippen LogP contribution in [0.25, 0.3) is 10.9 Å². The van der Waals surface area contributed by atoms with Crippen molar-refractivity contribution in [2.75, 3.05) is 26.9 Å². The number of pyridine rings is 1. The smallest absolute Gasteiger partial charge is 0.264 e. The van der Waals surface area contributed by atoms with Crippen LogP contribution in [0.5, 0.6) is 11.5 Å². The van der Waals surface area contributed by atoms with E-state index in [0.29, 0.717) is 35.6 Å². The van der Waals surface area contributed by atoms with E-state index in [0.717, 1.165) is 19.3 Å². The van der Waals surface area contributed by atoms with E-state index in [4.69, 9.17) is 14.6 Å². The Kier molecular flexibility index (Phi) is 6.84. The monoisotopic (exact) mass is 431 g/mol. The number of aliphatic hydroxyl groups excluding tert-OH is 1. The van der Waals surface area contributed by atoms with Crippen LogP contribution in [0.1, 0.15) is 43.5 Å². The van der Waals surface area contributed by atoms with Gasteiger partial charge in [-0.25, -0.2) is 0 Å². The van der Waals surface area contributed by atoms with Crippen LogP contribution in [0.15, 0.2) is 23.0 Å². The molecule has 9 nitrogen and oxygen atoms in total. The van der Waals surface area contributed by atoms with E-state index in [1.165, 1.54) is 0 Å². The molecule has 168 valence electrons. The quantitative estimate of drug-likeness (QED) is 0.632. The molecule has 0 radical (unpaired) electrons. The zero-order valence-corrected chi connectivity index (χ0v) is 18.1. The molecule has 1 aliphatic rings. The molecule has 0 bridgehead atoms. The molecule has 0 saturated heterocycles. The van der Waals surface area contributed by atoms with Crippen molar-refractivity contribution in [1.82, 2.24) is 15.2 Å². The number of hydrogen-bond acceptors (Lipinski definition) is 6. The third-order valence-corrected chi connectivity index (χ3v) is 5.23. The fourth-order valence-electron chi connectivity index (χ4n) is 3.62. The minimum Gasteiger partial charge on any atom is -0.493 e. The van der Waals surface area contributed by atoms with Gasteiger partial charge in [0.05, 0.1) is 24.8 Å². The van der Waals surface area contributed by atoms with Gasteiger partial charge in [0.1, 0.15) is 12.2 Å². The van der Waals surface area contributed by atoms with Crippen LogP contribution in [0.2, 0.25) is 0 Å². The summed E-state index contributed by atoms with van der Waals surface area (Å²) in [6.07, 6.45) is 2.56. The highest BCUT2D eigenvalue weighted by molar-refractivity contribution is 5.99. The zero-order chi connectivity index (χ0) is 22.6. The van der Waals surface area contributed by atoms with Crippen LogP contribution in [-0.4, -0.2) is 53.9 Å². The number of amides is 2. The maximum atomic E-state index is 13.3. The molecular weight excluding hydrogens is 402 g/mol. The second-order valence-corrected chi connectivity index (χ2v) is 8.23. The van der Waals surface area contributed by atoms with E-state index >= 15 is 0 Å². The Balaban J connectivity index is 2.03. The number of carbonyl (C=O) groups excluding carboxylic acids is 2. The van der Waals surface area contributed by atoms with Crippen molar-refractivity contribution in [2.45, 2.75) is 45.2 Å². The molecule has 3 N–H and O–H groups in total. The van der Waals surface area contributed by atoms with Gasteiger partial charge in [-0.2, -0.15) is 0 Å². The molecular formula is C22H29N3O6. The molecule has 2 aromatic rings. The summed E-state index contributed by atoms with van der Waals surface area (Å²) in [5.74, 6) is -0.0158. The SMILES string of the molecule is COc1ccc2cc(C(=O)NC(C)(C)CNC(=O)CO)c(=O)n3c2c1OCCCCC3. The first-order valence-electron chi connectivity index (χ1n) is 10.3. The molecule has 0 atom stereocenters. The highest BCUT2D eigenvalue weighted by atomic mass is 16.5. The Morgan fingerprint density at radius 1 is 1.26 bits per heavy atom. The van der Waals surface area contributed by atoms with Crippen LogP contribution >= 0.6 is 0 Å². The van der Waals surface area contributed by atoms with Crippen molar-refractivity contribution in [3.05, 3.63) is 34.1 Å². The first-order chi connectivity index (χ1) is 14.8. The number of rotatable bonds is 6. The Labute approximate surface area is 180 Å². The van der Waals surface area contributed by atoms with E-state index in [1.807, 2.05) is 0 Å². The third-order valence-electron chi connectivity index (χ3n) is 5.23. The summed E-state index contributed by atoms with van der Waals surface area (Å²) < 4.78 is 13.0. The summed E-state index contributed by atoms with van der Waals surface area (Å²) in [6, 6.07) is 5.13. The average Bonchev–Trinajstić information content (AvgIpc) is 2.85. The highest BCUT2D eigenvalue weighted by Crippen LogP contribution is 2.36. The number of methoxy groups -OCH3 is 1. The van der Waals surface area contributed by atoms with E-state index < -0.39 is 29.5 Å². The number of aliphatic hydroxyl groups is 1. The summed E-state index contributed by atoms with van der Waals surface area (Å²) in [6.45, 7) is 3.92. The van der Waals surface area contributed by atoms with Crippen LogP contribution in [0.4, 0.5) is 0 Å². The van der Waals surface area contributed by atoms with E-state index in [9.17, 15) is 14.4 Å². The number of carbonyl (C=O) groups is 2. The number of nitrogens with zero attached hydrogens (tertiary/aromatic N) is 1. The van der Waals surface area contributed by atoms with Crippen molar-refractivity contribution < 1.29 is 24.2 Å². The Morgan fingerprint density at radius 2 is 2.03 bits per heavy atom. The summed E-state index contributed by atoms with van der Waals surface area (Å²) in [5.41, 5.74) is -0.590. The minimum absolute atomic E-state index is 0.0180. The first-order valence-corrected chi connectivity index (χ1v) is 10.3. The van der Waals surface area contributed by atoms with E-state index in [-0.39, 0.29) is 12.1 Å². The molecule has 0 unspecified atom stereocenters. The fourth-order valence-corrected chi connectivity index (χ4v) is 3.62. The standard InChI is InChI=1S/C22H29N3O6/c1-22(2,13-23-17(27)12-26)24-20(28)15-11-14-7-8-16(30-3)19-18(14)25(21(15)29)9-5-4-6-10-31-19/h7-8,11,26H,4-6,9-10,12-13H2,1-3H3,(H,23,27)(H,24,28). The summed E-state index contributed by atoms with van der Waals surface area (Å²) in [4.78, 5) is 37.7. The Bertz CT molecular complexity index is 1040. The van der Waals surface area contributed by atoms with Crippen LogP contribution in [0, 0.1) is 0 Å². The number of aryl methyl sites for hydroxylation is 1. The number of nitrogens with one attached hydrogen (secondary N) is 2. The number of benzene rings is 1. The molecule has 1 aromatic heterocycles. The van der Waals surface area contributed by atoms with Gasteiger partial charge in [-0.3, -0.25) is 14.4 Å². The first kappa shape index (κ1) is 22.6. The topological polar surface area (TPSA) is 119 Å². The molecule has 0 spiro atoms. The van der Waals surface area contributed by atoms with Gasteiger partial charge in [0.25, 0.3) is 11.5 Å². The molecule has 2 amide bonds. The van der Waals surface area contributed by atoms with Gasteiger partial charge in [-0.15, -0.1) is 0 Å². The highest BCUT2D eigenvalue weighted by Gasteiger charge is 2.26. The number of hydrogen-bond donors (Lipinski definition) is 3. The Hall–Kier alpha value is -3.07. The van der Waals surface area contributed by atoms with Gasteiger partial charge >= 0.3 is 0 Å². The van der Waals surface area contributed by atoms with Crippen molar-refractivity contribution in [2.24, 2.45) is 0 Å². The van der Waals surface area contributed by atoms with Crippen molar-refractivity contribution in [1.29, 1.82) is 0 Å². The maximum absolute atomic E-state index is 13.3.